The first-order chi connectivity index (χ1) is 6.69. The highest BCUT2D eigenvalue weighted by Crippen LogP contribution is 2.22. The van der Waals surface area contributed by atoms with E-state index in [-0.39, 0.29) is 0 Å². The lowest BCUT2D eigenvalue weighted by Crippen LogP contribution is -2.48. The van der Waals surface area contributed by atoms with Crippen molar-refractivity contribution in [3.63, 3.8) is 0 Å². The minimum absolute atomic E-state index is 1.07. The van der Waals surface area contributed by atoms with Crippen LogP contribution in [0.4, 0.5) is 17.6 Å². The molecule has 0 aromatic carbocycles. The Kier molecular flexibility index (Phi) is 4.46. The predicted octanol–water partition coefficient (Wildman–Crippen LogP) is -0.551. The van der Waals surface area contributed by atoms with E-state index in [0.29, 0.717) is 0 Å². The summed E-state index contributed by atoms with van der Waals surface area (Å²) >= 11 is 0. The summed E-state index contributed by atoms with van der Waals surface area (Å²) in [5, 5.41) is 17.8. The second-order valence-electron chi connectivity index (χ2n) is 2.49. The van der Waals surface area contributed by atoms with Gasteiger partial charge in [-0.3, -0.25) is 4.79 Å². The third kappa shape index (κ3) is 3.70. The zero-order valence-electron chi connectivity index (χ0n) is 7.08. The molecule has 0 bridgehead atoms. The number of carbonyl (C=O) groups excluding carboxylic acids is 1. The van der Waals surface area contributed by atoms with Crippen LogP contribution in [0.5, 0.6) is 0 Å². The number of carboxylic acids is 1. The fourth-order valence-corrected chi connectivity index (χ4v) is 0.494. The molecule has 0 saturated carbocycles. The number of aliphatic carboxylic acids is 1. The van der Waals surface area contributed by atoms with E-state index < -0.39 is 36.9 Å². The lowest BCUT2D eigenvalue weighted by molar-refractivity contribution is -0.170. The third-order valence-corrected chi connectivity index (χ3v) is 1.32. The van der Waals surface area contributed by atoms with E-state index in [0.717, 1.165) is 0 Å². The van der Waals surface area contributed by atoms with Gasteiger partial charge in [-0.15, -0.1) is 0 Å². The average molecular weight is 233 g/mol. The van der Waals surface area contributed by atoms with Gasteiger partial charge in [0.1, 0.15) is 0 Å². The topological polar surface area (TPSA) is 86.6 Å². The molecule has 0 fully saturated rings. The molecule has 0 aliphatic rings. The molecule has 0 saturated heterocycles. The average Bonchev–Trinajstić information content (AvgIpc) is 2.12. The van der Waals surface area contributed by atoms with Crippen molar-refractivity contribution in [2.75, 3.05) is 6.54 Å². The Bertz CT molecular complexity index is 258. The van der Waals surface area contributed by atoms with E-state index in [9.17, 15) is 27.2 Å². The van der Waals surface area contributed by atoms with E-state index in [1.807, 2.05) is 0 Å². The van der Waals surface area contributed by atoms with E-state index in [4.69, 9.17) is 10.2 Å². The van der Waals surface area contributed by atoms with Crippen molar-refractivity contribution in [1.82, 2.24) is 5.32 Å². The normalized spacial score (nSPS) is 13.7. The molecule has 1 amide bonds. The van der Waals surface area contributed by atoms with Crippen LogP contribution in [0.3, 0.4) is 0 Å². The van der Waals surface area contributed by atoms with Crippen LogP contribution in [0.25, 0.3) is 0 Å². The number of rotatable bonds is 5. The van der Waals surface area contributed by atoms with Crippen molar-refractivity contribution in [3.8, 4) is 0 Å². The highest BCUT2D eigenvalue weighted by Gasteiger charge is 2.48. The van der Waals surface area contributed by atoms with Crippen LogP contribution in [0.2, 0.25) is 0 Å². The van der Waals surface area contributed by atoms with Gasteiger partial charge >= 0.3 is 18.3 Å². The Balaban J connectivity index is 4.21. The summed E-state index contributed by atoms with van der Waals surface area (Å²) in [6.45, 7) is -1.07. The molecule has 0 spiro atoms. The van der Waals surface area contributed by atoms with E-state index >= 15 is 0 Å². The molecular weight excluding hydrogens is 226 g/mol. The Morgan fingerprint density at radius 3 is 2.13 bits per heavy atom. The monoisotopic (exact) mass is 233 g/mol. The summed E-state index contributed by atoms with van der Waals surface area (Å²) < 4.78 is 47.5. The van der Waals surface area contributed by atoms with E-state index in [1.165, 1.54) is 5.32 Å². The van der Waals surface area contributed by atoms with Crippen LogP contribution in [-0.2, 0) is 9.59 Å². The molecule has 0 aliphatic heterocycles. The van der Waals surface area contributed by atoms with Gasteiger partial charge in [-0.25, -0.2) is 13.6 Å². The summed E-state index contributed by atoms with van der Waals surface area (Å²) in [6, 6.07) is 0. The lowest BCUT2D eigenvalue weighted by Gasteiger charge is -2.15. The van der Waals surface area contributed by atoms with E-state index in [2.05, 4.69) is 0 Å². The fraction of sp³-hybridized carbons (Fsp3) is 0.667. The first kappa shape index (κ1) is 13.6. The van der Waals surface area contributed by atoms with Gasteiger partial charge < -0.3 is 15.5 Å². The van der Waals surface area contributed by atoms with Crippen molar-refractivity contribution in [2.24, 2.45) is 0 Å². The maximum absolute atomic E-state index is 12.2. The number of halogens is 4. The van der Waals surface area contributed by atoms with Gasteiger partial charge in [0.15, 0.2) is 6.10 Å². The Labute approximate surface area is 80.7 Å². The molecule has 1 atom stereocenters. The standard InChI is InChI=1S/C6H7F4NO4/c7-4(8)6(9,10)5(15)11-1-2(12)3(13)14/h2,4,12H,1H2,(H,11,15)(H,13,14). The minimum Gasteiger partial charge on any atom is -0.479 e. The van der Waals surface area contributed by atoms with Gasteiger partial charge in [-0.1, -0.05) is 0 Å². The summed E-state index contributed by atoms with van der Waals surface area (Å²) in [7, 11) is 0. The molecule has 9 heteroatoms. The second-order valence-corrected chi connectivity index (χ2v) is 2.49. The van der Waals surface area contributed by atoms with Crippen molar-refractivity contribution < 1.29 is 37.4 Å². The minimum atomic E-state index is -4.90. The zero-order valence-corrected chi connectivity index (χ0v) is 7.08. The second kappa shape index (κ2) is 4.91. The Morgan fingerprint density at radius 2 is 1.80 bits per heavy atom. The number of nitrogens with one attached hydrogen (secondary N) is 1. The highest BCUT2D eigenvalue weighted by molar-refractivity contribution is 5.84. The molecule has 0 rings (SSSR count). The number of hydrogen-bond donors (Lipinski definition) is 3. The third-order valence-electron chi connectivity index (χ3n) is 1.32. The molecule has 88 valence electrons. The van der Waals surface area contributed by atoms with Gasteiger partial charge in [0.25, 0.3) is 5.91 Å². The number of aliphatic hydroxyl groups is 1. The fourth-order valence-electron chi connectivity index (χ4n) is 0.494. The lowest BCUT2D eigenvalue weighted by atomic mass is 10.3. The molecule has 3 N–H and O–H groups in total. The maximum Gasteiger partial charge on any atom is 0.383 e. The van der Waals surface area contributed by atoms with Crippen molar-refractivity contribution >= 4 is 11.9 Å². The summed E-state index contributed by atoms with van der Waals surface area (Å²) in [6.07, 6.45) is -6.32. The Hall–Kier alpha value is -1.38. The van der Waals surface area contributed by atoms with Crippen LogP contribution < -0.4 is 5.32 Å². The van der Waals surface area contributed by atoms with Crippen LogP contribution in [0.1, 0.15) is 0 Å². The van der Waals surface area contributed by atoms with Crippen molar-refractivity contribution in [1.29, 1.82) is 0 Å². The van der Waals surface area contributed by atoms with Gasteiger partial charge in [0, 0.05) is 0 Å². The summed E-state index contributed by atoms with van der Waals surface area (Å²) in [4.78, 5) is 20.3. The first-order valence-corrected chi connectivity index (χ1v) is 3.54. The predicted molar refractivity (Wildman–Crippen MR) is 37.6 cm³/mol. The number of carboxylic acid groups (broad SMARTS) is 1. The maximum atomic E-state index is 12.2. The van der Waals surface area contributed by atoms with E-state index in [1.54, 1.807) is 0 Å². The summed E-state index contributed by atoms with van der Waals surface area (Å²) in [5.74, 6) is -9.01. The molecule has 15 heavy (non-hydrogen) atoms. The van der Waals surface area contributed by atoms with Crippen LogP contribution in [0, 0.1) is 0 Å². The van der Waals surface area contributed by atoms with Gasteiger partial charge in [0.2, 0.25) is 0 Å². The molecular formula is C6H7F4NO4. The van der Waals surface area contributed by atoms with Gasteiger partial charge in [0.05, 0.1) is 6.54 Å². The molecule has 0 aromatic heterocycles. The van der Waals surface area contributed by atoms with Crippen LogP contribution in [0.15, 0.2) is 0 Å². The number of alkyl halides is 4. The number of hydrogen-bond acceptors (Lipinski definition) is 3. The highest BCUT2D eigenvalue weighted by atomic mass is 19.3. The smallest absolute Gasteiger partial charge is 0.383 e. The van der Waals surface area contributed by atoms with Gasteiger partial charge in [-0.2, -0.15) is 8.78 Å². The quantitative estimate of drug-likeness (QED) is 0.556. The van der Waals surface area contributed by atoms with Crippen LogP contribution in [-0.4, -0.2) is 47.1 Å². The molecule has 5 nitrogen and oxygen atoms in total. The number of amides is 1. The molecule has 0 aromatic rings. The van der Waals surface area contributed by atoms with Crippen molar-refractivity contribution in [2.45, 2.75) is 18.5 Å². The molecule has 0 radical (unpaired) electrons. The van der Waals surface area contributed by atoms with Crippen molar-refractivity contribution in [3.05, 3.63) is 0 Å². The number of carbonyl (C=O) groups is 2. The Morgan fingerprint density at radius 1 is 1.33 bits per heavy atom. The molecule has 0 heterocycles. The molecule has 0 aliphatic carbocycles. The zero-order chi connectivity index (χ0) is 12.2. The molecule has 1 unspecified atom stereocenters. The van der Waals surface area contributed by atoms with Crippen LogP contribution >= 0.6 is 0 Å². The van der Waals surface area contributed by atoms with Gasteiger partial charge in [-0.05, 0) is 0 Å². The first-order valence-electron chi connectivity index (χ1n) is 3.54. The SMILES string of the molecule is O=C(O)C(O)CNC(=O)C(F)(F)C(F)F. The summed E-state index contributed by atoms with van der Waals surface area (Å²) in [5.41, 5.74) is 0. The largest absolute Gasteiger partial charge is 0.479 e. The number of aliphatic hydroxyl groups excluding tert-OH is 1.